The number of imide groups is 2. The highest BCUT2D eigenvalue weighted by atomic mass is 16.3. The van der Waals surface area contributed by atoms with Crippen molar-refractivity contribution in [3.05, 3.63) is 83.9 Å². The highest BCUT2D eigenvalue weighted by molar-refractivity contribution is 6.24. The summed E-state index contributed by atoms with van der Waals surface area (Å²) in [6.07, 6.45) is 2.65. The number of para-hydroxylation sites is 1. The lowest BCUT2D eigenvalue weighted by atomic mass is 9.51. The monoisotopic (exact) mass is 506 g/mol. The Balaban J connectivity index is 1.49. The van der Waals surface area contributed by atoms with Crippen LogP contribution in [0.1, 0.15) is 31.2 Å². The largest absolute Gasteiger partial charge is 0.508 e. The van der Waals surface area contributed by atoms with Crippen LogP contribution in [-0.4, -0.2) is 28.7 Å². The van der Waals surface area contributed by atoms with Gasteiger partial charge >= 0.3 is 0 Å². The summed E-state index contributed by atoms with van der Waals surface area (Å²) in [5.41, 5.74) is 0.758. The van der Waals surface area contributed by atoms with Gasteiger partial charge in [-0.25, -0.2) is 4.90 Å². The molecule has 0 aromatic heterocycles. The second-order valence-electron chi connectivity index (χ2n) is 11.1. The second-order valence-corrected chi connectivity index (χ2v) is 11.1. The molecule has 2 heterocycles. The molecule has 7 rings (SSSR count). The maximum Gasteiger partial charge on any atom is 0.241 e. The Bertz CT molecular complexity index is 1590. The zero-order valence-electron chi connectivity index (χ0n) is 20.8. The standard InChI is InChI=1S/C31H26N2O5/c1-31-22(29(37)33(30(31)38)17-8-3-2-4-9-17)15-21-19(12-13-20-24(21)28(36)32-27(20)35)26(31)25-18-10-6-5-7-16(18)11-14-23(25)34/h2-12,14,20-22,24,26,34H,13,15H2,1H3,(H,32,35,36). The molecule has 6 atom stereocenters. The predicted molar refractivity (Wildman–Crippen MR) is 140 cm³/mol. The van der Waals surface area contributed by atoms with E-state index in [0.29, 0.717) is 24.1 Å². The molecule has 2 N–H and O–H groups in total. The lowest BCUT2D eigenvalue weighted by Crippen LogP contribution is -2.48. The van der Waals surface area contributed by atoms with Crippen molar-refractivity contribution in [2.45, 2.75) is 25.7 Å². The van der Waals surface area contributed by atoms with Crippen molar-refractivity contribution in [2.75, 3.05) is 4.90 Å². The van der Waals surface area contributed by atoms with Gasteiger partial charge < -0.3 is 5.11 Å². The number of hydrogen-bond donors (Lipinski definition) is 2. The van der Waals surface area contributed by atoms with Crippen molar-refractivity contribution in [2.24, 2.45) is 29.1 Å². The number of phenols is 1. The van der Waals surface area contributed by atoms with Crippen LogP contribution in [0.4, 0.5) is 5.69 Å². The van der Waals surface area contributed by atoms with Crippen molar-refractivity contribution < 1.29 is 24.3 Å². The highest BCUT2D eigenvalue weighted by Gasteiger charge is 2.67. The molecule has 7 heteroatoms. The number of nitrogens with one attached hydrogen (secondary N) is 1. The normalized spacial score (nSPS) is 32.1. The fourth-order valence-corrected chi connectivity index (χ4v) is 7.64. The van der Waals surface area contributed by atoms with E-state index in [1.807, 2.05) is 49.4 Å². The Hall–Kier alpha value is -4.26. The van der Waals surface area contributed by atoms with Gasteiger partial charge in [-0.2, -0.15) is 0 Å². The van der Waals surface area contributed by atoms with Gasteiger partial charge in [-0.3, -0.25) is 24.5 Å². The molecule has 38 heavy (non-hydrogen) atoms. The van der Waals surface area contributed by atoms with Gasteiger partial charge in [-0.05, 0) is 54.7 Å². The molecule has 190 valence electrons. The molecule has 3 aromatic rings. The first-order chi connectivity index (χ1) is 18.3. The van der Waals surface area contributed by atoms with E-state index in [4.69, 9.17) is 0 Å². The minimum absolute atomic E-state index is 0.0442. The maximum atomic E-state index is 14.4. The summed E-state index contributed by atoms with van der Waals surface area (Å²) >= 11 is 0. The van der Waals surface area contributed by atoms with E-state index < -0.39 is 35.0 Å². The van der Waals surface area contributed by atoms with Gasteiger partial charge in [-0.1, -0.05) is 60.2 Å². The van der Waals surface area contributed by atoms with Gasteiger partial charge in [0.1, 0.15) is 5.75 Å². The first-order valence-corrected chi connectivity index (χ1v) is 13.0. The topological polar surface area (TPSA) is 104 Å². The number of hydrogen-bond acceptors (Lipinski definition) is 5. The summed E-state index contributed by atoms with van der Waals surface area (Å²) in [7, 11) is 0. The predicted octanol–water partition coefficient (Wildman–Crippen LogP) is 4.06. The van der Waals surface area contributed by atoms with Crippen LogP contribution in [0.15, 0.2) is 78.4 Å². The molecular formula is C31H26N2O5. The molecule has 6 unspecified atom stereocenters. The second kappa shape index (κ2) is 7.87. The maximum absolute atomic E-state index is 14.4. The van der Waals surface area contributed by atoms with E-state index in [9.17, 15) is 24.3 Å². The average Bonchev–Trinajstić information content (AvgIpc) is 3.32. The van der Waals surface area contributed by atoms with Crippen LogP contribution in [0.5, 0.6) is 5.75 Å². The van der Waals surface area contributed by atoms with Crippen molar-refractivity contribution in [1.29, 1.82) is 0 Å². The SMILES string of the molecule is CC12C(=O)N(c3ccccc3)C(=O)C1CC1C(=CCC3C(=O)NC(=O)C31)C2c1c(O)ccc2ccccc12. The van der Waals surface area contributed by atoms with Gasteiger partial charge in [0.05, 0.1) is 28.9 Å². The summed E-state index contributed by atoms with van der Waals surface area (Å²) in [5, 5.41) is 15.5. The van der Waals surface area contributed by atoms with Gasteiger partial charge in [0.15, 0.2) is 0 Å². The fourth-order valence-electron chi connectivity index (χ4n) is 7.64. The number of amides is 4. The van der Waals surface area contributed by atoms with Crippen LogP contribution in [0.3, 0.4) is 0 Å². The third kappa shape index (κ3) is 2.84. The Morgan fingerprint density at radius 1 is 0.895 bits per heavy atom. The number of fused-ring (bicyclic) bond motifs is 5. The average molecular weight is 507 g/mol. The fraction of sp³-hybridized carbons (Fsp3) is 0.290. The zero-order chi connectivity index (χ0) is 26.3. The number of anilines is 1. The molecule has 2 aliphatic carbocycles. The molecule has 4 aliphatic rings. The van der Waals surface area contributed by atoms with E-state index in [0.717, 1.165) is 16.3 Å². The molecule has 3 aromatic carbocycles. The number of phenolic OH excluding ortho intramolecular Hbond substituents is 1. The molecule has 0 radical (unpaired) electrons. The van der Waals surface area contributed by atoms with Crippen LogP contribution < -0.4 is 10.2 Å². The third-order valence-corrected chi connectivity index (χ3v) is 9.37. The first-order valence-electron chi connectivity index (χ1n) is 13.0. The number of carbonyl (C=O) groups excluding carboxylic acids is 4. The van der Waals surface area contributed by atoms with E-state index in [2.05, 4.69) is 5.32 Å². The van der Waals surface area contributed by atoms with Gasteiger partial charge in [0.2, 0.25) is 23.6 Å². The number of aromatic hydroxyl groups is 1. The van der Waals surface area contributed by atoms with E-state index in [1.165, 1.54) is 4.90 Å². The minimum atomic E-state index is -1.19. The lowest BCUT2D eigenvalue weighted by Gasteiger charge is -2.49. The molecule has 0 spiro atoms. The Morgan fingerprint density at radius 3 is 2.42 bits per heavy atom. The van der Waals surface area contributed by atoms with Crippen LogP contribution in [-0.2, 0) is 19.2 Å². The molecule has 4 amide bonds. The number of rotatable bonds is 2. The van der Waals surface area contributed by atoms with Crippen molar-refractivity contribution in [3.8, 4) is 5.75 Å². The summed E-state index contributed by atoms with van der Waals surface area (Å²) in [6, 6.07) is 20.0. The van der Waals surface area contributed by atoms with Gasteiger partial charge in [-0.15, -0.1) is 0 Å². The number of nitrogens with zero attached hydrogens (tertiary/aromatic N) is 1. The van der Waals surface area contributed by atoms with E-state index in [1.54, 1.807) is 30.3 Å². The third-order valence-electron chi connectivity index (χ3n) is 9.37. The van der Waals surface area contributed by atoms with Gasteiger partial charge in [0.25, 0.3) is 0 Å². The van der Waals surface area contributed by atoms with Crippen LogP contribution in [0, 0.1) is 29.1 Å². The number of carbonyl (C=O) groups is 4. The smallest absolute Gasteiger partial charge is 0.241 e. The highest BCUT2D eigenvalue weighted by Crippen LogP contribution is 2.64. The summed E-state index contributed by atoms with van der Waals surface area (Å²) < 4.78 is 0. The van der Waals surface area contributed by atoms with Crippen LogP contribution in [0.25, 0.3) is 10.8 Å². The Labute approximate surface area is 219 Å². The Kier molecular flexibility index (Phi) is 4.74. The summed E-state index contributed by atoms with van der Waals surface area (Å²) in [4.78, 5) is 55.3. The molecule has 2 aliphatic heterocycles. The van der Waals surface area contributed by atoms with Crippen molar-refractivity contribution in [1.82, 2.24) is 5.32 Å². The van der Waals surface area contributed by atoms with E-state index in [-0.39, 0.29) is 29.4 Å². The van der Waals surface area contributed by atoms with E-state index >= 15 is 0 Å². The number of benzene rings is 3. The molecule has 1 saturated carbocycles. The van der Waals surface area contributed by atoms with Crippen LogP contribution >= 0.6 is 0 Å². The number of allylic oxidation sites excluding steroid dienone is 2. The summed E-state index contributed by atoms with van der Waals surface area (Å²) in [5.74, 6) is -4.03. The molecule has 3 fully saturated rings. The molecule has 0 bridgehead atoms. The molecule has 7 nitrogen and oxygen atoms in total. The lowest BCUT2D eigenvalue weighted by molar-refractivity contribution is -0.131. The van der Waals surface area contributed by atoms with Crippen molar-refractivity contribution in [3.63, 3.8) is 0 Å². The Morgan fingerprint density at radius 2 is 1.63 bits per heavy atom. The first kappa shape index (κ1) is 22.9. The van der Waals surface area contributed by atoms with Crippen LogP contribution in [0.2, 0.25) is 0 Å². The van der Waals surface area contributed by atoms with Crippen molar-refractivity contribution >= 4 is 40.1 Å². The quantitative estimate of drug-likeness (QED) is 0.403. The van der Waals surface area contributed by atoms with Gasteiger partial charge in [0, 0.05) is 11.5 Å². The molecular weight excluding hydrogens is 480 g/mol. The zero-order valence-corrected chi connectivity index (χ0v) is 20.8. The summed E-state index contributed by atoms with van der Waals surface area (Å²) in [6.45, 7) is 1.83. The minimum Gasteiger partial charge on any atom is -0.508 e. The molecule has 2 saturated heterocycles.